The first-order valence-corrected chi connectivity index (χ1v) is 5.66. The van der Waals surface area contributed by atoms with Gasteiger partial charge in [0, 0.05) is 11.8 Å². The summed E-state index contributed by atoms with van der Waals surface area (Å²) in [5.41, 5.74) is 2.68. The number of ether oxygens (including phenoxy) is 1. The minimum Gasteiger partial charge on any atom is -0.484 e. The molecule has 3 rings (SSSR count). The molecular weight excluding hydrogens is 228 g/mol. The predicted octanol–water partition coefficient (Wildman–Crippen LogP) is 2.01. The Hall–Kier alpha value is -2.43. The largest absolute Gasteiger partial charge is 0.484 e. The van der Waals surface area contributed by atoms with Crippen molar-refractivity contribution in [3.63, 3.8) is 0 Å². The molecule has 0 aliphatic rings. The Kier molecular flexibility index (Phi) is 2.64. The van der Waals surface area contributed by atoms with E-state index in [4.69, 9.17) is 4.74 Å². The summed E-state index contributed by atoms with van der Waals surface area (Å²) >= 11 is 0. The fourth-order valence-electron chi connectivity index (χ4n) is 1.70. The molecule has 5 heteroatoms. The summed E-state index contributed by atoms with van der Waals surface area (Å²) in [7, 11) is 0. The van der Waals surface area contributed by atoms with Gasteiger partial charge in [0.15, 0.2) is 11.4 Å². The zero-order valence-corrected chi connectivity index (χ0v) is 9.95. The van der Waals surface area contributed by atoms with Crippen LogP contribution >= 0.6 is 0 Å². The van der Waals surface area contributed by atoms with Crippen molar-refractivity contribution < 1.29 is 4.74 Å². The molecule has 0 fully saturated rings. The van der Waals surface area contributed by atoms with Gasteiger partial charge in [0.25, 0.3) is 0 Å². The van der Waals surface area contributed by atoms with E-state index >= 15 is 0 Å². The second kappa shape index (κ2) is 4.44. The van der Waals surface area contributed by atoms with Crippen LogP contribution in [-0.2, 0) is 6.61 Å². The van der Waals surface area contributed by atoms with E-state index in [2.05, 4.69) is 15.1 Å². The van der Waals surface area contributed by atoms with E-state index in [-0.39, 0.29) is 0 Å². The molecule has 0 saturated heterocycles. The van der Waals surface area contributed by atoms with Gasteiger partial charge in [0.1, 0.15) is 6.61 Å². The van der Waals surface area contributed by atoms with E-state index in [0.29, 0.717) is 12.4 Å². The first kappa shape index (κ1) is 10.7. The standard InChI is InChI=1S/C13H12N4O/c1-10-3-2-4-11(16-10)9-18-12-7-14-13-5-6-15-17(13)8-12/h2-8H,9H2,1H3. The minimum absolute atomic E-state index is 0.427. The van der Waals surface area contributed by atoms with Crippen molar-refractivity contribution in [2.24, 2.45) is 0 Å². The van der Waals surface area contributed by atoms with E-state index in [1.807, 2.05) is 31.2 Å². The lowest BCUT2D eigenvalue weighted by atomic mass is 10.3. The maximum Gasteiger partial charge on any atom is 0.156 e. The van der Waals surface area contributed by atoms with Gasteiger partial charge in [-0.05, 0) is 19.1 Å². The Balaban J connectivity index is 1.76. The number of fused-ring (bicyclic) bond motifs is 1. The summed E-state index contributed by atoms with van der Waals surface area (Å²) in [6.07, 6.45) is 5.19. The molecule has 0 aliphatic carbocycles. The Morgan fingerprint density at radius 1 is 1.28 bits per heavy atom. The number of rotatable bonds is 3. The average Bonchev–Trinajstić information content (AvgIpc) is 2.84. The minimum atomic E-state index is 0.427. The van der Waals surface area contributed by atoms with Crippen LogP contribution in [-0.4, -0.2) is 19.6 Å². The summed E-state index contributed by atoms with van der Waals surface area (Å²) in [5.74, 6) is 0.675. The third-order valence-electron chi connectivity index (χ3n) is 2.56. The van der Waals surface area contributed by atoms with Gasteiger partial charge in [-0.2, -0.15) is 5.10 Å². The number of aromatic nitrogens is 4. The van der Waals surface area contributed by atoms with Crippen molar-refractivity contribution in [1.82, 2.24) is 19.6 Å². The van der Waals surface area contributed by atoms with Gasteiger partial charge in [-0.1, -0.05) is 6.07 Å². The molecule has 0 aromatic carbocycles. The Bertz CT molecular complexity index is 677. The Morgan fingerprint density at radius 2 is 2.22 bits per heavy atom. The molecule has 0 saturated carbocycles. The molecule has 18 heavy (non-hydrogen) atoms. The zero-order valence-electron chi connectivity index (χ0n) is 9.95. The highest BCUT2D eigenvalue weighted by Gasteiger charge is 2.00. The van der Waals surface area contributed by atoms with Crippen LogP contribution in [0.1, 0.15) is 11.4 Å². The van der Waals surface area contributed by atoms with Gasteiger partial charge in [0.05, 0.1) is 24.3 Å². The van der Waals surface area contributed by atoms with Crippen molar-refractivity contribution in [3.05, 3.63) is 54.2 Å². The van der Waals surface area contributed by atoms with Gasteiger partial charge < -0.3 is 4.74 Å². The highest BCUT2D eigenvalue weighted by atomic mass is 16.5. The average molecular weight is 240 g/mol. The molecular formula is C13H12N4O. The molecule has 3 aromatic rings. The summed E-state index contributed by atoms with van der Waals surface area (Å²) in [6.45, 7) is 2.39. The van der Waals surface area contributed by atoms with E-state index in [0.717, 1.165) is 17.0 Å². The van der Waals surface area contributed by atoms with Gasteiger partial charge in [0.2, 0.25) is 0 Å². The molecule has 0 spiro atoms. The Morgan fingerprint density at radius 3 is 3.11 bits per heavy atom. The fraction of sp³-hybridized carbons (Fsp3) is 0.154. The second-order valence-corrected chi connectivity index (χ2v) is 3.98. The lowest BCUT2D eigenvalue weighted by molar-refractivity contribution is 0.298. The van der Waals surface area contributed by atoms with Crippen LogP contribution in [0.5, 0.6) is 5.75 Å². The molecule has 0 amide bonds. The molecule has 5 nitrogen and oxygen atoms in total. The van der Waals surface area contributed by atoms with Crippen molar-refractivity contribution in [2.45, 2.75) is 13.5 Å². The van der Waals surface area contributed by atoms with Gasteiger partial charge in [-0.15, -0.1) is 0 Å². The van der Waals surface area contributed by atoms with E-state index in [9.17, 15) is 0 Å². The Labute approximate surface area is 104 Å². The van der Waals surface area contributed by atoms with Crippen LogP contribution in [0, 0.1) is 6.92 Å². The first-order chi connectivity index (χ1) is 8.81. The van der Waals surface area contributed by atoms with Crippen LogP contribution in [0.2, 0.25) is 0 Å². The fourth-order valence-corrected chi connectivity index (χ4v) is 1.70. The third kappa shape index (κ3) is 2.15. The molecule has 0 unspecified atom stereocenters. The first-order valence-electron chi connectivity index (χ1n) is 5.66. The summed E-state index contributed by atoms with van der Waals surface area (Å²) < 4.78 is 7.32. The lowest BCUT2D eigenvalue weighted by Gasteiger charge is -2.06. The quantitative estimate of drug-likeness (QED) is 0.702. The molecule has 0 bridgehead atoms. The highest BCUT2D eigenvalue weighted by Crippen LogP contribution is 2.11. The smallest absolute Gasteiger partial charge is 0.156 e. The van der Waals surface area contributed by atoms with Crippen molar-refractivity contribution in [1.29, 1.82) is 0 Å². The van der Waals surface area contributed by atoms with Gasteiger partial charge in [-0.25, -0.2) is 9.50 Å². The van der Waals surface area contributed by atoms with Crippen molar-refractivity contribution in [3.8, 4) is 5.75 Å². The summed E-state index contributed by atoms with van der Waals surface area (Å²) in [5, 5.41) is 4.11. The number of hydrogen-bond acceptors (Lipinski definition) is 4. The van der Waals surface area contributed by atoms with E-state index in [1.54, 1.807) is 23.1 Å². The number of hydrogen-bond donors (Lipinski definition) is 0. The number of pyridine rings is 1. The maximum absolute atomic E-state index is 5.64. The highest BCUT2D eigenvalue weighted by molar-refractivity contribution is 5.37. The summed E-state index contributed by atoms with van der Waals surface area (Å²) in [4.78, 5) is 8.60. The molecule has 90 valence electrons. The molecule has 0 radical (unpaired) electrons. The number of nitrogens with zero attached hydrogens (tertiary/aromatic N) is 4. The van der Waals surface area contributed by atoms with Gasteiger partial charge in [-0.3, -0.25) is 4.98 Å². The molecule has 3 aromatic heterocycles. The lowest BCUT2D eigenvalue weighted by Crippen LogP contribution is -2.00. The summed E-state index contributed by atoms with van der Waals surface area (Å²) in [6, 6.07) is 7.70. The van der Waals surface area contributed by atoms with Crippen LogP contribution in [0.15, 0.2) is 42.9 Å². The monoisotopic (exact) mass is 240 g/mol. The predicted molar refractivity (Wildman–Crippen MR) is 66.3 cm³/mol. The van der Waals surface area contributed by atoms with E-state index < -0.39 is 0 Å². The normalized spacial score (nSPS) is 10.7. The van der Waals surface area contributed by atoms with Crippen molar-refractivity contribution >= 4 is 5.65 Å². The SMILES string of the molecule is Cc1cccc(COc2cnc3ccnn3c2)n1. The van der Waals surface area contributed by atoms with Crippen LogP contribution in [0.25, 0.3) is 5.65 Å². The topological polar surface area (TPSA) is 52.3 Å². The van der Waals surface area contributed by atoms with Crippen LogP contribution in [0.3, 0.4) is 0 Å². The number of aryl methyl sites for hydroxylation is 1. The van der Waals surface area contributed by atoms with Gasteiger partial charge >= 0.3 is 0 Å². The second-order valence-electron chi connectivity index (χ2n) is 3.98. The zero-order chi connectivity index (χ0) is 12.4. The third-order valence-corrected chi connectivity index (χ3v) is 2.56. The molecule has 0 atom stereocenters. The van der Waals surface area contributed by atoms with E-state index in [1.165, 1.54) is 0 Å². The maximum atomic E-state index is 5.64. The molecule has 0 aliphatic heterocycles. The van der Waals surface area contributed by atoms with Crippen LogP contribution in [0.4, 0.5) is 0 Å². The van der Waals surface area contributed by atoms with Crippen molar-refractivity contribution in [2.75, 3.05) is 0 Å². The van der Waals surface area contributed by atoms with Crippen LogP contribution < -0.4 is 4.74 Å². The molecule has 0 N–H and O–H groups in total. The molecule has 3 heterocycles.